The molecule has 1 aliphatic rings. The van der Waals surface area contributed by atoms with Crippen LogP contribution in [0.1, 0.15) is 37.8 Å². The Kier molecular flexibility index (Phi) is 7.02. The van der Waals surface area contributed by atoms with Gasteiger partial charge in [-0.3, -0.25) is 9.59 Å². The van der Waals surface area contributed by atoms with Gasteiger partial charge in [-0.05, 0) is 75.5 Å². The lowest BCUT2D eigenvalue weighted by atomic mass is 10.1. The van der Waals surface area contributed by atoms with Crippen molar-refractivity contribution in [3.63, 3.8) is 0 Å². The van der Waals surface area contributed by atoms with Crippen LogP contribution in [0, 0.1) is 13.8 Å². The highest BCUT2D eigenvalue weighted by Crippen LogP contribution is 2.31. The number of anilines is 1. The maximum Gasteiger partial charge on any atom is 0.268 e. The van der Waals surface area contributed by atoms with Crippen molar-refractivity contribution in [2.45, 2.75) is 18.7 Å². The van der Waals surface area contributed by atoms with Crippen LogP contribution in [0.2, 0.25) is 0 Å². The molecule has 1 amide bonds. The van der Waals surface area contributed by atoms with Crippen molar-refractivity contribution >= 4 is 49.5 Å². The third-order valence-corrected chi connectivity index (χ3v) is 10.2. The molecule has 0 bridgehead atoms. The van der Waals surface area contributed by atoms with Crippen LogP contribution in [-0.2, 0) is 10.0 Å². The van der Waals surface area contributed by atoms with Gasteiger partial charge in [0, 0.05) is 37.1 Å². The second-order valence-corrected chi connectivity index (χ2v) is 13.5. The number of amides is 1. The molecule has 0 radical (unpaired) electrons. The van der Waals surface area contributed by atoms with Crippen LogP contribution in [0.25, 0.3) is 27.6 Å². The average Bonchev–Trinajstić information content (AvgIpc) is 3.74. The molecule has 3 N–H and O–H groups in total. The highest BCUT2D eigenvalue weighted by molar-refractivity contribution is 7.90. The molecular weight excluding hydrogens is 604 g/mol. The van der Waals surface area contributed by atoms with Crippen LogP contribution in [0.15, 0.2) is 77.8 Å². The quantitative estimate of drug-likeness (QED) is 0.262. The Morgan fingerprint density at radius 1 is 0.913 bits per heavy atom. The van der Waals surface area contributed by atoms with E-state index in [1.807, 2.05) is 27.0 Å². The molecule has 12 nitrogen and oxygen atoms in total. The Labute approximate surface area is 265 Å². The molecule has 13 heteroatoms. The Hall–Kier alpha value is -5.27. The number of benzene rings is 3. The van der Waals surface area contributed by atoms with E-state index < -0.39 is 15.8 Å². The number of carbonyl (C=O) groups is 2. The summed E-state index contributed by atoms with van der Waals surface area (Å²) in [4.78, 5) is 39.2. The van der Waals surface area contributed by atoms with Gasteiger partial charge in [0.2, 0.25) is 5.78 Å². The molecule has 6 aromatic rings. The molecule has 0 aliphatic carbocycles. The standard InChI is InChI=1S/C33H32N8O4S/c1-20-4-8-25(9-5-20)46(44,45)41-29-11-6-22(33(43)39-14-12-38(3)13-15-39)16-23(29)17-30(41)31(42)26-19-35-40(32(26)34)24-7-10-27-28(18-24)37-21(2)36-27/h4-11,16-19H,12-15,34H2,1-3H3,(H,36,37). The van der Waals surface area contributed by atoms with Crippen LogP contribution in [0.5, 0.6) is 0 Å². The number of rotatable bonds is 6. The number of aromatic amines is 1. The number of nitrogens with two attached hydrogens (primary N) is 1. The van der Waals surface area contributed by atoms with Crippen molar-refractivity contribution in [2.75, 3.05) is 39.0 Å². The van der Waals surface area contributed by atoms with Crippen molar-refractivity contribution in [2.24, 2.45) is 0 Å². The molecule has 0 saturated carbocycles. The molecule has 7 rings (SSSR count). The number of imidazole rings is 1. The van der Waals surface area contributed by atoms with Crippen molar-refractivity contribution in [1.29, 1.82) is 0 Å². The van der Waals surface area contributed by atoms with Crippen molar-refractivity contribution in [3.05, 3.63) is 101 Å². The van der Waals surface area contributed by atoms with Gasteiger partial charge in [0.05, 0.1) is 38.9 Å². The first-order valence-electron chi connectivity index (χ1n) is 14.8. The van der Waals surface area contributed by atoms with E-state index in [-0.39, 0.29) is 33.4 Å². The topological polar surface area (TPSA) is 152 Å². The number of nitrogens with one attached hydrogen (secondary N) is 1. The fourth-order valence-electron chi connectivity index (χ4n) is 5.88. The number of likely N-dealkylation sites (N-methyl/N-ethyl adjacent to an activating group) is 1. The van der Waals surface area contributed by atoms with Gasteiger partial charge in [0.1, 0.15) is 17.3 Å². The third-order valence-electron chi connectivity index (χ3n) is 8.47. The SMILES string of the molecule is Cc1ccc(S(=O)(=O)n2c(C(=O)c3cnn(-c4ccc5[nH]c(C)nc5c4)c3N)cc3cc(C(=O)N4CCN(C)CC4)ccc32)cc1. The van der Waals surface area contributed by atoms with Gasteiger partial charge >= 0.3 is 0 Å². The maximum absolute atomic E-state index is 14.2. The fraction of sp³-hybridized carbons (Fsp3) is 0.212. The molecule has 1 fully saturated rings. The fourth-order valence-corrected chi connectivity index (χ4v) is 7.39. The second-order valence-electron chi connectivity index (χ2n) is 11.7. The number of piperazine rings is 1. The number of hydrogen-bond donors (Lipinski definition) is 2. The van der Waals surface area contributed by atoms with Crippen LogP contribution >= 0.6 is 0 Å². The zero-order valence-electron chi connectivity index (χ0n) is 25.6. The zero-order valence-corrected chi connectivity index (χ0v) is 26.4. The molecule has 234 valence electrons. The van der Waals surface area contributed by atoms with Gasteiger partial charge in [-0.25, -0.2) is 22.1 Å². The number of hydrogen-bond acceptors (Lipinski definition) is 8. The average molecular weight is 637 g/mol. The monoisotopic (exact) mass is 636 g/mol. The smallest absolute Gasteiger partial charge is 0.268 e. The van der Waals surface area contributed by atoms with E-state index in [4.69, 9.17) is 5.73 Å². The summed E-state index contributed by atoms with van der Waals surface area (Å²) >= 11 is 0. The molecule has 46 heavy (non-hydrogen) atoms. The molecule has 3 aromatic carbocycles. The molecule has 1 aliphatic heterocycles. The van der Waals surface area contributed by atoms with E-state index >= 15 is 0 Å². The molecule has 0 unspecified atom stereocenters. The molecule has 1 saturated heterocycles. The second kappa shape index (κ2) is 11.0. The lowest BCUT2D eigenvalue weighted by molar-refractivity contribution is 0.0664. The Morgan fingerprint density at radius 2 is 1.65 bits per heavy atom. The summed E-state index contributed by atoms with van der Waals surface area (Å²) in [7, 11) is -2.23. The molecular formula is C33H32N8O4S. The van der Waals surface area contributed by atoms with E-state index in [0.29, 0.717) is 35.2 Å². The number of aromatic nitrogens is 5. The zero-order chi connectivity index (χ0) is 32.3. The summed E-state index contributed by atoms with van der Waals surface area (Å²) < 4.78 is 30.8. The highest BCUT2D eigenvalue weighted by atomic mass is 32.2. The highest BCUT2D eigenvalue weighted by Gasteiger charge is 2.30. The predicted molar refractivity (Wildman–Crippen MR) is 175 cm³/mol. The number of H-pyrrole nitrogens is 1. The van der Waals surface area contributed by atoms with Crippen molar-refractivity contribution in [3.8, 4) is 5.69 Å². The van der Waals surface area contributed by atoms with E-state index in [0.717, 1.165) is 34.0 Å². The number of carbonyl (C=O) groups excluding carboxylic acids is 2. The van der Waals surface area contributed by atoms with Gasteiger partial charge in [0.15, 0.2) is 0 Å². The number of aryl methyl sites for hydroxylation is 2. The minimum Gasteiger partial charge on any atom is -0.383 e. The minimum absolute atomic E-state index is 0.0218. The third kappa shape index (κ3) is 4.93. The summed E-state index contributed by atoms with van der Waals surface area (Å²) in [5, 5.41) is 4.81. The summed E-state index contributed by atoms with van der Waals surface area (Å²) in [5.74, 6) is 0.0328. The van der Waals surface area contributed by atoms with Gasteiger partial charge in [-0.15, -0.1) is 0 Å². The summed E-state index contributed by atoms with van der Waals surface area (Å²) in [6.45, 7) is 6.44. The van der Waals surface area contributed by atoms with Crippen molar-refractivity contribution < 1.29 is 18.0 Å². The lowest BCUT2D eigenvalue weighted by Gasteiger charge is -2.32. The van der Waals surface area contributed by atoms with Gasteiger partial charge in [-0.2, -0.15) is 5.10 Å². The van der Waals surface area contributed by atoms with Crippen LogP contribution in [0.4, 0.5) is 5.82 Å². The van der Waals surface area contributed by atoms with E-state index in [1.165, 1.54) is 29.1 Å². The number of fused-ring (bicyclic) bond motifs is 2. The van der Waals surface area contributed by atoms with Gasteiger partial charge in [-0.1, -0.05) is 17.7 Å². The van der Waals surface area contributed by atoms with Crippen LogP contribution < -0.4 is 5.73 Å². The molecule has 4 heterocycles. The first-order valence-corrected chi connectivity index (χ1v) is 16.3. The van der Waals surface area contributed by atoms with Gasteiger partial charge in [0.25, 0.3) is 15.9 Å². The Morgan fingerprint density at radius 3 is 2.39 bits per heavy atom. The summed E-state index contributed by atoms with van der Waals surface area (Å²) in [5.41, 5.74) is 10.1. The Bertz CT molecular complexity index is 2270. The first-order chi connectivity index (χ1) is 22.0. The number of ketones is 1. The van der Waals surface area contributed by atoms with Crippen LogP contribution in [-0.4, -0.2) is 86.9 Å². The van der Waals surface area contributed by atoms with Crippen molar-refractivity contribution in [1.82, 2.24) is 33.5 Å². The summed E-state index contributed by atoms with van der Waals surface area (Å²) in [6, 6.07) is 18.2. The van der Waals surface area contributed by atoms with E-state index in [9.17, 15) is 18.0 Å². The van der Waals surface area contributed by atoms with Crippen LogP contribution in [0.3, 0.4) is 0 Å². The molecule has 0 spiro atoms. The number of nitrogens with zero attached hydrogens (tertiary/aromatic N) is 6. The first kappa shape index (κ1) is 29.4. The Balaban J connectivity index is 1.34. The van der Waals surface area contributed by atoms with Gasteiger partial charge < -0.3 is 20.5 Å². The predicted octanol–water partition coefficient (Wildman–Crippen LogP) is 3.76. The molecule has 0 atom stereocenters. The van der Waals surface area contributed by atoms with E-state index in [1.54, 1.807) is 47.4 Å². The maximum atomic E-state index is 14.2. The largest absolute Gasteiger partial charge is 0.383 e. The lowest BCUT2D eigenvalue weighted by Crippen LogP contribution is -2.47. The normalized spacial score (nSPS) is 14.4. The number of nitrogen functional groups attached to an aromatic ring is 1. The summed E-state index contributed by atoms with van der Waals surface area (Å²) in [6.07, 6.45) is 1.33. The van der Waals surface area contributed by atoms with E-state index in [2.05, 4.69) is 20.0 Å². The molecule has 3 aromatic heterocycles. The minimum atomic E-state index is -4.25.